The third-order valence-corrected chi connectivity index (χ3v) is 4.50. The molecule has 0 fully saturated rings. The maximum atomic E-state index is 11.7. The van der Waals surface area contributed by atoms with Crippen molar-refractivity contribution in [3.8, 4) is 0 Å². The molecule has 1 aromatic carbocycles. The number of sulfonamides is 1. The highest BCUT2D eigenvalue weighted by Gasteiger charge is 2.22. The van der Waals surface area contributed by atoms with Gasteiger partial charge in [-0.15, -0.1) is 0 Å². The topological polar surface area (TPSA) is 122 Å². The van der Waals surface area contributed by atoms with Gasteiger partial charge in [0.15, 0.2) is 0 Å². The Morgan fingerprint density at radius 1 is 1.38 bits per heavy atom. The van der Waals surface area contributed by atoms with Gasteiger partial charge in [0, 0.05) is 6.07 Å². The van der Waals surface area contributed by atoms with Crippen LogP contribution in [0.1, 0.15) is 13.8 Å². The first kappa shape index (κ1) is 17.3. The van der Waals surface area contributed by atoms with Crippen molar-refractivity contribution in [2.75, 3.05) is 19.0 Å². The smallest absolute Gasteiger partial charge is 0.293 e. The van der Waals surface area contributed by atoms with Crippen molar-refractivity contribution in [3.05, 3.63) is 28.3 Å². The summed E-state index contributed by atoms with van der Waals surface area (Å²) >= 11 is 0. The summed E-state index contributed by atoms with van der Waals surface area (Å²) in [5, 5.41) is 23.3. The van der Waals surface area contributed by atoms with E-state index in [4.69, 9.17) is 0 Å². The molecular formula is C12H19N3O5S. The number of aliphatic hydroxyl groups is 1. The standard InChI is InChI=1S/C12H19N3O5S/c1-8(2)11(7-16)14-10-5-4-9(21(19,20)13-3)6-12(10)15(17)18/h4-6,8,11,13-14,16H,7H2,1-3H3/t11-/m1/s1. The summed E-state index contributed by atoms with van der Waals surface area (Å²) in [6.45, 7) is 3.53. The fourth-order valence-electron chi connectivity index (χ4n) is 1.69. The zero-order valence-corrected chi connectivity index (χ0v) is 12.8. The minimum Gasteiger partial charge on any atom is -0.394 e. The van der Waals surface area contributed by atoms with Gasteiger partial charge in [-0.1, -0.05) is 13.8 Å². The number of nitrogens with one attached hydrogen (secondary N) is 2. The molecule has 0 bridgehead atoms. The Hall–Kier alpha value is -1.71. The molecule has 3 N–H and O–H groups in total. The quantitative estimate of drug-likeness (QED) is 0.508. The van der Waals surface area contributed by atoms with Crippen molar-refractivity contribution >= 4 is 21.4 Å². The van der Waals surface area contributed by atoms with Gasteiger partial charge in [-0.25, -0.2) is 13.1 Å². The first-order chi connectivity index (χ1) is 9.72. The van der Waals surface area contributed by atoms with Gasteiger partial charge in [-0.2, -0.15) is 0 Å². The minimum absolute atomic E-state index is 0.0512. The second-order valence-corrected chi connectivity index (χ2v) is 6.71. The van der Waals surface area contributed by atoms with E-state index >= 15 is 0 Å². The molecule has 21 heavy (non-hydrogen) atoms. The Labute approximate surface area is 123 Å². The van der Waals surface area contributed by atoms with Crippen LogP contribution in [-0.4, -0.2) is 38.1 Å². The molecule has 0 spiro atoms. The number of benzene rings is 1. The highest BCUT2D eigenvalue weighted by atomic mass is 32.2. The van der Waals surface area contributed by atoms with Crippen LogP contribution in [0.3, 0.4) is 0 Å². The van der Waals surface area contributed by atoms with E-state index in [0.29, 0.717) is 0 Å². The Balaban J connectivity index is 3.26. The number of nitro groups is 1. The number of rotatable bonds is 7. The van der Waals surface area contributed by atoms with Crippen molar-refractivity contribution in [3.63, 3.8) is 0 Å². The molecule has 0 saturated heterocycles. The number of aliphatic hydroxyl groups excluding tert-OH is 1. The zero-order valence-electron chi connectivity index (χ0n) is 12.0. The van der Waals surface area contributed by atoms with Crippen LogP contribution in [0.15, 0.2) is 23.1 Å². The van der Waals surface area contributed by atoms with Gasteiger partial charge in [0.25, 0.3) is 5.69 Å². The van der Waals surface area contributed by atoms with Crippen molar-refractivity contribution in [2.45, 2.75) is 24.8 Å². The fourth-order valence-corrected chi connectivity index (χ4v) is 2.44. The van der Waals surface area contributed by atoms with Crippen LogP contribution in [0.25, 0.3) is 0 Å². The molecule has 1 atom stereocenters. The van der Waals surface area contributed by atoms with E-state index in [2.05, 4.69) is 10.0 Å². The van der Waals surface area contributed by atoms with Gasteiger partial charge in [-0.3, -0.25) is 10.1 Å². The maximum absolute atomic E-state index is 11.7. The molecule has 1 rings (SSSR count). The summed E-state index contributed by atoms with van der Waals surface area (Å²) in [6, 6.07) is 3.22. The monoisotopic (exact) mass is 317 g/mol. The predicted molar refractivity (Wildman–Crippen MR) is 78.7 cm³/mol. The summed E-state index contributed by atoms with van der Waals surface area (Å²) in [5.41, 5.74) is -0.187. The lowest BCUT2D eigenvalue weighted by atomic mass is 10.0. The van der Waals surface area contributed by atoms with Crippen LogP contribution in [0.5, 0.6) is 0 Å². The van der Waals surface area contributed by atoms with Gasteiger partial charge in [-0.05, 0) is 25.1 Å². The SMILES string of the molecule is CNS(=O)(=O)c1ccc(N[C@H](CO)C(C)C)c([N+](=O)[O-])c1. The highest BCUT2D eigenvalue weighted by molar-refractivity contribution is 7.89. The third-order valence-electron chi connectivity index (χ3n) is 3.09. The van der Waals surface area contributed by atoms with Gasteiger partial charge in [0.1, 0.15) is 5.69 Å². The molecule has 9 heteroatoms. The largest absolute Gasteiger partial charge is 0.394 e. The maximum Gasteiger partial charge on any atom is 0.293 e. The van der Waals surface area contributed by atoms with Crippen molar-refractivity contribution in [2.24, 2.45) is 5.92 Å². The van der Waals surface area contributed by atoms with E-state index in [1.807, 2.05) is 13.8 Å². The first-order valence-electron chi connectivity index (χ1n) is 6.32. The Kier molecular flexibility index (Phi) is 5.64. The van der Waals surface area contributed by atoms with E-state index in [-0.39, 0.29) is 34.8 Å². The molecule has 1 aromatic rings. The number of anilines is 1. The molecule has 0 aliphatic carbocycles. The van der Waals surface area contributed by atoms with Crippen LogP contribution in [0.2, 0.25) is 0 Å². The van der Waals surface area contributed by atoms with Crippen molar-refractivity contribution < 1.29 is 18.4 Å². The van der Waals surface area contributed by atoms with Crippen LogP contribution in [0, 0.1) is 16.0 Å². The van der Waals surface area contributed by atoms with Gasteiger partial charge < -0.3 is 10.4 Å². The molecule has 0 unspecified atom stereocenters. The molecule has 0 aliphatic rings. The van der Waals surface area contributed by atoms with E-state index in [1.54, 1.807) is 0 Å². The number of nitro benzene ring substituents is 1. The number of hydrogen-bond donors (Lipinski definition) is 3. The Morgan fingerprint density at radius 2 is 2.00 bits per heavy atom. The van der Waals surface area contributed by atoms with Crippen molar-refractivity contribution in [1.82, 2.24) is 4.72 Å². The second kappa shape index (κ2) is 6.83. The molecule has 118 valence electrons. The lowest BCUT2D eigenvalue weighted by Gasteiger charge is -2.21. The fraction of sp³-hybridized carbons (Fsp3) is 0.500. The molecule has 0 amide bonds. The molecule has 0 aromatic heterocycles. The Bertz CT molecular complexity index is 615. The summed E-state index contributed by atoms with van der Waals surface area (Å²) in [5.74, 6) is 0.0512. The molecule has 0 heterocycles. The molecule has 0 radical (unpaired) electrons. The van der Waals surface area contributed by atoms with Crippen LogP contribution < -0.4 is 10.0 Å². The average Bonchev–Trinajstić information content (AvgIpc) is 2.43. The average molecular weight is 317 g/mol. The van der Waals surface area contributed by atoms with Gasteiger partial charge in [0.2, 0.25) is 10.0 Å². The van der Waals surface area contributed by atoms with E-state index in [1.165, 1.54) is 19.2 Å². The molecule has 8 nitrogen and oxygen atoms in total. The molecule has 0 aliphatic heterocycles. The van der Waals surface area contributed by atoms with E-state index in [0.717, 1.165) is 6.07 Å². The first-order valence-corrected chi connectivity index (χ1v) is 7.80. The van der Waals surface area contributed by atoms with E-state index in [9.17, 15) is 23.6 Å². The van der Waals surface area contributed by atoms with Crippen molar-refractivity contribution in [1.29, 1.82) is 0 Å². The lowest BCUT2D eigenvalue weighted by molar-refractivity contribution is -0.384. The normalized spacial score (nSPS) is 13.2. The summed E-state index contributed by atoms with van der Waals surface area (Å²) < 4.78 is 25.5. The minimum atomic E-state index is -3.75. The number of hydrogen-bond acceptors (Lipinski definition) is 6. The predicted octanol–water partition coefficient (Wildman–Crippen LogP) is 0.932. The van der Waals surface area contributed by atoms with Crippen LogP contribution >= 0.6 is 0 Å². The molecular weight excluding hydrogens is 298 g/mol. The Morgan fingerprint density at radius 3 is 2.43 bits per heavy atom. The van der Waals surface area contributed by atoms with Gasteiger partial charge >= 0.3 is 0 Å². The molecule has 0 saturated carbocycles. The zero-order chi connectivity index (χ0) is 16.2. The number of nitrogens with zero attached hydrogens (tertiary/aromatic N) is 1. The second-order valence-electron chi connectivity index (χ2n) is 4.82. The summed E-state index contributed by atoms with van der Waals surface area (Å²) in [6.07, 6.45) is 0. The lowest BCUT2D eigenvalue weighted by Crippen LogP contribution is -2.29. The third kappa shape index (κ3) is 4.13. The van der Waals surface area contributed by atoms with Gasteiger partial charge in [0.05, 0.1) is 22.5 Å². The summed E-state index contributed by atoms with van der Waals surface area (Å²) in [4.78, 5) is 10.3. The highest BCUT2D eigenvalue weighted by Crippen LogP contribution is 2.28. The summed E-state index contributed by atoms with van der Waals surface area (Å²) in [7, 11) is -2.52. The van der Waals surface area contributed by atoms with Crippen LogP contribution in [0.4, 0.5) is 11.4 Å². The van der Waals surface area contributed by atoms with Crippen LogP contribution in [-0.2, 0) is 10.0 Å². The van der Waals surface area contributed by atoms with E-state index < -0.39 is 14.9 Å².